The molecule has 1 rings (SSSR count). The lowest BCUT2D eigenvalue weighted by Gasteiger charge is -2.14. The molecule has 1 heterocycles. The van der Waals surface area contributed by atoms with Gasteiger partial charge in [-0.15, -0.1) is 24.8 Å². The van der Waals surface area contributed by atoms with Crippen LogP contribution < -0.4 is 4.74 Å². The van der Waals surface area contributed by atoms with Crippen molar-refractivity contribution in [1.29, 1.82) is 0 Å². The lowest BCUT2D eigenvalue weighted by molar-refractivity contribution is -0.275. The van der Waals surface area contributed by atoms with Gasteiger partial charge in [0.25, 0.3) is 0 Å². The second kappa shape index (κ2) is 4.84. The van der Waals surface area contributed by atoms with E-state index in [0.717, 1.165) is 0 Å². The normalized spacial score (nSPS) is 11.6. The Hall–Kier alpha value is -1.08. The predicted molar refractivity (Wildman–Crippen MR) is 46.4 cm³/mol. The molecule has 3 nitrogen and oxygen atoms in total. The molecule has 16 heavy (non-hydrogen) atoms. The lowest BCUT2D eigenvalue weighted by Crippen LogP contribution is -2.20. The molecule has 0 bridgehead atoms. The van der Waals surface area contributed by atoms with Gasteiger partial charge in [0, 0.05) is 0 Å². The summed E-state index contributed by atoms with van der Waals surface area (Å²) in [6.45, 7) is -0.941. The Labute approximate surface area is 92.6 Å². The van der Waals surface area contributed by atoms with Crippen molar-refractivity contribution in [2.24, 2.45) is 0 Å². The fraction of sp³-hybridized carbons (Fsp3) is 0.375. The molecule has 0 amide bonds. The van der Waals surface area contributed by atoms with Gasteiger partial charge in [-0.2, -0.15) is 0 Å². The summed E-state index contributed by atoms with van der Waals surface area (Å²) in [5, 5.41) is 8.76. The summed E-state index contributed by atoms with van der Waals surface area (Å²) in [7, 11) is 0. The van der Waals surface area contributed by atoms with Crippen LogP contribution in [-0.4, -0.2) is 16.5 Å². The van der Waals surface area contributed by atoms with Crippen molar-refractivity contribution in [2.75, 3.05) is 0 Å². The summed E-state index contributed by atoms with van der Waals surface area (Å²) in [5.74, 6) is -2.36. The van der Waals surface area contributed by atoms with Crippen LogP contribution in [0, 0.1) is 5.82 Å². The highest BCUT2D eigenvalue weighted by Crippen LogP contribution is 2.31. The molecular weight excluding hydrogens is 254 g/mol. The number of aliphatic hydroxyl groups excluding tert-OH is 1. The molecule has 0 atom stereocenters. The van der Waals surface area contributed by atoms with Crippen LogP contribution in [-0.2, 0) is 12.5 Å². The Bertz CT molecular complexity index is 383. The minimum Gasteiger partial charge on any atom is -0.403 e. The Kier molecular flexibility index (Phi) is 3.93. The first-order valence-corrected chi connectivity index (χ1v) is 4.51. The number of rotatable bonds is 3. The minimum absolute atomic E-state index is 0.288. The summed E-state index contributed by atoms with van der Waals surface area (Å²) >= 11 is 5.33. The van der Waals surface area contributed by atoms with E-state index in [1.165, 1.54) is 0 Å². The molecule has 90 valence electrons. The Morgan fingerprint density at radius 3 is 2.50 bits per heavy atom. The predicted octanol–water partition coefficient (Wildman–Crippen LogP) is 2.35. The Morgan fingerprint density at radius 2 is 2.06 bits per heavy atom. The first-order valence-electron chi connectivity index (χ1n) is 3.98. The van der Waals surface area contributed by atoms with Gasteiger partial charge < -0.3 is 9.84 Å². The van der Waals surface area contributed by atoms with E-state index in [0.29, 0.717) is 6.20 Å². The maximum absolute atomic E-state index is 13.0. The summed E-state index contributed by atoms with van der Waals surface area (Å²) in [6, 6.07) is 0. The summed E-state index contributed by atoms with van der Waals surface area (Å²) in [5.41, 5.74) is -0.910. The smallest absolute Gasteiger partial charge is 0.403 e. The summed E-state index contributed by atoms with van der Waals surface area (Å²) in [6.07, 6.45) is -4.33. The highest BCUT2D eigenvalue weighted by molar-refractivity contribution is 6.17. The molecule has 0 saturated carbocycles. The zero-order valence-electron chi connectivity index (χ0n) is 7.68. The molecule has 0 aromatic carbocycles. The first-order chi connectivity index (χ1) is 7.39. The average Bonchev–Trinajstić information content (AvgIpc) is 2.16. The van der Waals surface area contributed by atoms with Crippen LogP contribution in [0.1, 0.15) is 11.3 Å². The van der Waals surface area contributed by atoms with Gasteiger partial charge in [0.1, 0.15) is 0 Å². The average molecular weight is 260 g/mol. The fourth-order valence-corrected chi connectivity index (χ4v) is 1.22. The minimum atomic E-state index is -5.00. The van der Waals surface area contributed by atoms with Crippen molar-refractivity contribution in [3.63, 3.8) is 0 Å². The van der Waals surface area contributed by atoms with E-state index in [2.05, 4.69) is 9.72 Å². The molecule has 0 radical (unpaired) electrons. The van der Waals surface area contributed by atoms with Crippen molar-refractivity contribution >= 4 is 11.6 Å². The quantitative estimate of drug-likeness (QED) is 0.669. The number of hydrogen-bond donors (Lipinski definition) is 1. The molecular formula is C8H6ClF4NO2. The third-order valence-electron chi connectivity index (χ3n) is 1.66. The van der Waals surface area contributed by atoms with Gasteiger partial charge in [-0.05, 0) is 0 Å². The van der Waals surface area contributed by atoms with Crippen LogP contribution in [0.25, 0.3) is 0 Å². The SMILES string of the molecule is OCc1c(F)cnc(CCl)c1OC(F)(F)F. The Balaban J connectivity index is 3.25. The van der Waals surface area contributed by atoms with E-state index < -0.39 is 36.0 Å². The number of nitrogens with zero attached hydrogens (tertiary/aromatic N) is 1. The Morgan fingerprint density at radius 1 is 1.44 bits per heavy atom. The van der Waals surface area contributed by atoms with Crippen molar-refractivity contribution in [3.05, 3.63) is 23.3 Å². The van der Waals surface area contributed by atoms with E-state index in [1.807, 2.05) is 0 Å². The van der Waals surface area contributed by atoms with Crippen LogP contribution in [0.5, 0.6) is 5.75 Å². The van der Waals surface area contributed by atoms with Crippen molar-refractivity contribution < 1.29 is 27.4 Å². The van der Waals surface area contributed by atoms with Gasteiger partial charge in [-0.3, -0.25) is 4.98 Å². The number of aromatic nitrogens is 1. The molecule has 0 aliphatic carbocycles. The van der Waals surface area contributed by atoms with E-state index >= 15 is 0 Å². The molecule has 0 aliphatic rings. The van der Waals surface area contributed by atoms with Crippen LogP contribution in [0.4, 0.5) is 17.6 Å². The number of halogens is 5. The maximum atomic E-state index is 13.0. The second-order valence-corrected chi connectivity index (χ2v) is 2.97. The third kappa shape index (κ3) is 2.96. The zero-order valence-corrected chi connectivity index (χ0v) is 8.44. The van der Waals surface area contributed by atoms with Gasteiger partial charge in [0.05, 0.1) is 29.9 Å². The van der Waals surface area contributed by atoms with Gasteiger partial charge in [0.15, 0.2) is 11.6 Å². The molecule has 0 saturated heterocycles. The fourth-order valence-electron chi connectivity index (χ4n) is 1.03. The highest BCUT2D eigenvalue weighted by atomic mass is 35.5. The van der Waals surface area contributed by atoms with E-state index in [9.17, 15) is 17.6 Å². The largest absolute Gasteiger partial charge is 0.573 e. The lowest BCUT2D eigenvalue weighted by atomic mass is 10.2. The molecule has 8 heteroatoms. The number of ether oxygens (including phenoxy) is 1. The number of aliphatic hydroxyl groups is 1. The molecule has 0 fully saturated rings. The second-order valence-electron chi connectivity index (χ2n) is 2.70. The molecule has 1 aromatic rings. The van der Waals surface area contributed by atoms with Crippen LogP contribution >= 0.6 is 11.6 Å². The molecule has 1 N–H and O–H groups in total. The third-order valence-corrected chi connectivity index (χ3v) is 1.91. The molecule has 1 aromatic heterocycles. The van der Waals surface area contributed by atoms with Crippen LogP contribution in [0.3, 0.4) is 0 Å². The van der Waals surface area contributed by atoms with Crippen molar-refractivity contribution in [3.8, 4) is 5.75 Å². The van der Waals surface area contributed by atoms with E-state index in [4.69, 9.17) is 16.7 Å². The standard InChI is InChI=1S/C8H6ClF4NO2/c9-1-6-7(16-8(11,12)13)4(3-15)5(10)2-14-6/h2,15H,1,3H2. The van der Waals surface area contributed by atoms with Crippen LogP contribution in [0.2, 0.25) is 0 Å². The van der Waals surface area contributed by atoms with E-state index in [1.54, 1.807) is 0 Å². The van der Waals surface area contributed by atoms with Gasteiger partial charge in [-0.25, -0.2) is 4.39 Å². The van der Waals surface area contributed by atoms with Crippen molar-refractivity contribution in [1.82, 2.24) is 4.98 Å². The molecule has 0 spiro atoms. The number of alkyl halides is 4. The maximum Gasteiger partial charge on any atom is 0.573 e. The van der Waals surface area contributed by atoms with Gasteiger partial charge in [0.2, 0.25) is 0 Å². The molecule has 0 aliphatic heterocycles. The topological polar surface area (TPSA) is 42.4 Å². The molecule has 0 unspecified atom stereocenters. The van der Waals surface area contributed by atoms with E-state index in [-0.39, 0.29) is 5.69 Å². The zero-order chi connectivity index (χ0) is 12.3. The number of hydrogen-bond acceptors (Lipinski definition) is 3. The van der Waals surface area contributed by atoms with Gasteiger partial charge >= 0.3 is 6.36 Å². The van der Waals surface area contributed by atoms with Gasteiger partial charge in [-0.1, -0.05) is 0 Å². The van der Waals surface area contributed by atoms with Crippen LogP contribution in [0.15, 0.2) is 6.20 Å². The summed E-state index contributed by atoms with van der Waals surface area (Å²) < 4.78 is 52.6. The van der Waals surface area contributed by atoms with Crippen molar-refractivity contribution in [2.45, 2.75) is 18.8 Å². The summed E-state index contributed by atoms with van der Waals surface area (Å²) in [4.78, 5) is 3.35. The highest BCUT2D eigenvalue weighted by Gasteiger charge is 2.34. The first kappa shape index (κ1) is 13.0. The monoisotopic (exact) mass is 259 g/mol. The number of pyridine rings is 1.